The molecule has 0 radical (unpaired) electrons. The van der Waals surface area contributed by atoms with Crippen LogP contribution in [0.4, 0.5) is 4.39 Å². The Hall–Kier alpha value is -3.76. The molecule has 11 heteroatoms. The van der Waals surface area contributed by atoms with E-state index in [9.17, 15) is 23.6 Å². The lowest BCUT2D eigenvalue weighted by molar-refractivity contribution is -0.179. The van der Waals surface area contributed by atoms with Gasteiger partial charge in [-0.25, -0.2) is 9.18 Å². The van der Waals surface area contributed by atoms with E-state index in [2.05, 4.69) is 10.6 Å². The summed E-state index contributed by atoms with van der Waals surface area (Å²) >= 11 is 6.32. The van der Waals surface area contributed by atoms with Crippen LogP contribution in [0.25, 0.3) is 0 Å². The molecular weight excluding hydrogens is 627 g/mol. The van der Waals surface area contributed by atoms with Crippen molar-refractivity contribution in [2.45, 2.75) is 91.3 Å². The third-order valence-electron chi connectivity index (χ3n) is 8.51. The Morgan fingerprint density at radius 2 is 1.77 bits per heavy atom. The highest BCUT2D eigenvalue weighted by Crippen LogP contribution is 2.46. The number of carbonyl (C=O) groups excluding carboxylic acids is 4. The molecule has 2 aliphatic heterocycles. The average molecular weight is 671 g/mol. The summed E-state index contributed by atoms with van der Waals surface area (Å²) in [6.45, 7) is 10.6. The van der Waals surface area contributed by atoms with E-state index in [1.807, 2.05) is 39.8 Å². The number of nitrogens with one attached hydrogen (secondary N) is 2. The first-order valence-corrected chi connectivity index (χ1v) is 16.3. The van der Waals surface area contributed by atoms with Crippen molar-refractivity contribution >= 4 is 35.4 Å². The van der Waals surface area contributed by atoms with Gasteiger partial charge in [0, 0.05) is 35.9 Å². The molecule has 1 fully saturated rings. The lowest BCUT2D eigenvalue weighted by Crippen LogP contribution is -2.51. The number of aryl methyl sites for hydroxylation is 1. The normalized spacial score (nSPS) is 26.9. The van der Waals surface area contributed by atoms with Gasteiger partial charge in [-0.2, -0.15) is 0 Å². The van der Waals surface area contributed by atoms with E-state index in [0.29, 0.717) is 10.6 Å². The van der Waals surface area contributed by atoms with Gasteiger partial charge in [0.25, 0.3) is 0 Å². The first-order chi connectivity index (χ1) is 22.2. The topological polar surface area (TPSA) is 123 Å². The summed E-state index contributed by atoms with van der Waals surface area (Å²) in [5, 5.41) is 6.05. The summed E-state index contributed by atoms with van der Waals surface area (Å²) < 4.78 is 32.1. The van der Waals surface area contributed by atoms with Crippen molar-refractivity contribution in [3.63, 3.8) is 0 Å². The fourth-order valence-corrected chi connectivity index (χ4v) is 5.64. The second kappa shape index (κ2) is 15.4. The number of esters is 2. The van der Waals surface area contributed by atoms with E-state index < -0.39 is 71.4 Å². The van der Waals surface area contributed by atoms with Gasteiger partial charge in [0.05, 0.1) is 11.5 Å². The first-order valence-electron chi connectivity index (χ1n) is 16.0. The van der Waals surface area contributed by atoms with Gasteiger partial charge in [-0.3, -0.25) is 14.4 Å². The Labute approximate surface area is 280 Å². The van der Waals surface area contributed by atoms with Crippen molar-refractivity contribution in [2.24, 2.45) is 17.3 Å². The zero-order valence-electron chi connectivity index (χ0n) is 27.7. The highest BCUT2D eigenvalue weighted by molar-refractivity contribution is 6.31. The van der Waals surface area contributed by atoms with Crippen LogP contribution >= 0.6 is 11.6 Å². The standard InChI is InChI=1S/C36H44ClFN2O7/c1-20(2)16-29-34(43)45-28(22(4)31-32(47-31)24-10-7-8-11-26(24)38)12-9-13-30(41)40-27(18-23-15-14-21(3)25(37)17-23)33(42)39-19-36(5,6)35(44)46-29/h7-11,13-15,17,20,22,27-29,31-32H,12,16,18-19H2,1-6H3,(H,39,42)(H,40,41)/b13-9+. The molecule has 4 rings (SSSR count). The number of cyclic esters (lactones) is 2. The summed E-state index contributed by atoms with van der Waals surface area (Å²) in [5.41, 5.74) is 0.809. The molecule has 0 spiro atoms. The van der Waals surface area contributed by atoms with Gasteiger partial charge in [0.1, 0.15) is 24.1 Å². The minimum atomic E-state index is -1.22. The van der Waals surface area contributed by atoms with E-state index in [-0.39, 0.29) is 31.7 Å². The van der Waals surface area contributed by atoms with Crippen LogP contribution in [-0.4, -0.2) is 54.7 Å². The maximum absolute atomic E-state index is 14.5. The molecule has 6 atom stereocenters. The maximum atomic E-state index is 14.5. The lowest BCUT2D eigenvalue weighted by atomic mass is 9.92. The van der Waals surface area contributed by atoms with Crippen LogP contribution in [0.1, 0.15) is 70.3 Å². The highest BCUT2D eigenvalue weighted by Gasteiger charge is 2.49. The second-order valence-electron chi connectivity index (χ2n) is 13.5. The molecular formula is C36H44ClFN2O7. The number of benzene rings is 2. The summed E-state index contributed by atoms with van der Waals surface area (Å²) in [6, 6.07) is 10.8. The zero-order valence-corrected chi connectivity index (χ0v) is 28.4. The predicted molar refractivity (Wildman–Crippen MR) is 175 cm³/mol. The molecule has 2 aromatic carbocycles. The van der Waals surface area contributed by atoms with Crippen molar-refractivity contribution in [2.75, 3.05) is 6.54 Å². The minimum Gasteiger partial charge on any atom is -0.459 e. The van der Waals surface area contributed by atoms with Crippen molar-refractivity contribution in [1.29, 1.82) is 0 Å². The smallest absolute Gasteiger partial charge is 0.347 e. The van der Waals surface area contributed by atoms with Crippen LogP contribution in [0, 0.1) is 30.0 Å². The van der Waals surface area contributed by atoms with E-state index in [1.54, 1.807) is 44.2 Å². The maximum Gasteiger partial charge on any atom is 0.347 e. The molecule has 2 amide bonds. The molecule has 254 valence electrons. The first kappa shape index (κ1) is 36.1. The monoisotopic (exact) mass is 670 g/mol. The highest BCUT2D eigenvalue weighted by atomic mass is 35.5. The average Bonchev–Trinajstić information content (AvgIpc) is 3.80. The third kappa shape index (κ3) is 9.64. The van der Waals surface area contributed by atoms with Crippen LogP contribution in [-0.2, 0) is 39.8 Å². The van der Waals surface area contributed by atoms with Gasteiger partial charge >= 0.3 is 11.9 Å². The number of rotatable bonds is 7. The van der Waals surface area contributed by atoms with Gasteiger partial charge in [0.2, 0.25) is 11.8 Å². The SMILES string of the molecule is Cc1ccc(CC2NC(=O)/C=C/CC(C(C)C3OC3c3ccccc3F)OC(=O)C(CC(C)C)OC(=O)C(C)(C)CNC2=O)cc1Cl. The molecule has 2 aromatic rings. The van der Waals surface area contributed by atoms with Crippen molar-refractivity contribution in [1.82, 2.24) is 10.6 Å². The van der Waals surface area contributed by atoms with E-state index in [1.165, 1.54) is 12.1 Å². The van der Waals surface area contributed by atoms with Crippen LogP contribution in [0.2, 0.25) is 5.02 Å². The van der Waals surface area contributed by atoms with Gasteiger partial charge < -0.3 is 24.8 Å². The summed E-state index contributed by atoms with van der Waals surface area (Å²) in [6.07, 6.45) is 0.369. The number of ether oxygens (including phenoxy) is 3. The molecule has 0 aromatic heterocycles. The molecule has 2 heterocycles. The molecule has 0 aliphatic carbocycles. The molecule has 0 bridgehead atoms. The van der Waals surface area contributed by atoms with E-state index in [4.69, 9.17) is 25.8 Å². The molecule has 2 aliphatic rings. The van der Waals surface area contributed by atoms with Crippen molar-refractivity contribution in [3.05, 3.63) is 82.1 Å². The van der Waals surface area contributed by atoms with E-state index >= 15 is 0 Å². The minimum absolute atomic E-state index is 0.0125. The Bertz CT molecular complexity index is 1510. The van der Waals surface area contributed by atoms with Gasteiger partial charge in [-0.1, -0.05) is 68.8 Å². The van der Waals surface area contributed by atoms with Crippen molar-refractivity contribution in [3.8, 4) is 0 Å². The fourth-order valence-electron chi connectivity index (χ4n) is 5.44. The zero-order chi connectivity index (χ0) is 34.5. The molecule has 0 saturated carbocycles. The predicted octanol–water partition coefficient (Wildman–Crippen LogP) is 5.56. The van der Waals surface area contributed by atoms with Crippen LogP contribution in [0.15, 0.2) is 54.6 Å². The fraction of sp³-hybridized carbons (Fsp3) is 0.500. The van der Waals surface area contributed by atoms with Gasteiger partial charge in [-0.15, -0.1) is 0 Å². The molecule has 6 unspecified atom stereocenters. The number of hydrogen-bond donors (Lipinski definition) is 2. The summed E-state index contributed by atoms with van der Waals surface area (Å²) in [5.74, 6) is -3.26. The number of carbonyl (C=O) groups is 4. The Morgan fingerprint density at radius 1 is 1.04 bits per heavy atom. The second-order valence-corrected chi connectivity index (χ2v) is 13.9. The van der Waals surface area contributed by atoms with Crippen LogP contribution in [0.3, 0.4) is 0 Å². The van der Waals surface area contributed by atoms with E-state index in [0.717, 1.165) is 11.1 Å². The number of hydrogen-bond acceptors (Lipinski definition) is 7. The third-order valence-corrected chi connectivity index (χ3v) is 8.92. The van der Waals surface area contributed by atoms with Crippen LogP contribution in [0.5, 0.6) is 0 Å². The van der Waals surface area contributed by atoms with Crippen molar-refractivity contribution < 1.29 is 37.8 Å². The number of halogens is 2. The summed E-state index contributed by atoms with van der Waals surface area (Å²) in [7, 11) is 0. The van der Waals surface area contributed by atoms with Gasteiger partial charge in [0.15, 0.2) is 6.10 Å². The Kier molecular flexibility index (Phi) is 11.8. The van der Waals surface area contributed by atoms with Gasteiger partial charge in [-0.05, 0) is 62.4 Å². The number of amides is 2. The summed E-state index contributed by atoms with van der Waals surface area (Å²) in [4.78, 5) is 53.5. The quantitative estimate of drug-likeness (QED) is 0.292. The molecule has 2 N–H and O–H groups in total. The molecule has 47 heavy (non-hydrogen) atoms. The molecule has 1 saturated heterocycles. The Balaban J connectivity index is 1.62. The Morgan fingerprint density at radius 3 is 2.45 bits per heavy atom. The number of epoxide rings is 1. The van der Waals surface area contributed by atoms with Crippen LogP contribution < -0.4 is 10.6 Å². The lowest BCUT2D eigenvalue weighted by Gasteiger charge is -2.29. The molecule has 9 nitrogen and oxygen atoms in total. The largest absolute Gasteiger partial charge is 0.459 e.